The highest BCUT2D eigenvalue weighted by Gasteiger charge is 2.03. The van der Waals surface area contributed by atoms with E-state index in [2.05, 4.69) is 20.0 Å². The number of rotatable bonds is 5. The minimum atomic E-state index is -0.938. The zero-order valence-corrected chi connectivity index (χ0v) is 8.96. The SMILES string of the molecule is O=C(O)c1cccc(NCCc2ncon2)c1. The molecule has 88 valence electrons. The summed E-state index contributed by atoms with van der Waals surface area (Å²) in [5.41, 5.74) is 1.02. The number of carboxylic acid groups (broad SMARTS) is 1. The van der Waals surface area contributed by atoms with E-state index in [0.29, 0.717) is 18.8 Å². The zero-order valence-electron chi connectivity index (χ0n) is 8.96. The lowest BCUT2D eigenvalue weighted by Gasteiger charge is -2.05. The molecular weight excluding hydrogens is 222 g/mol. The van der Waals surface area contributed by atoms with Gasteiger partial charge in [-0.2, -0.15) is 4.98 Å². The summed E-state index contributed by atoms with van der Waals surface area (Å²) in [6.07, 6.45) is 1.90. The maximum Gasteiger partial charge on any atom is 0.335 e. The molecule has 6 heteroatoms. The first-order valence-electron chi connectivity index (χ1n) is 5.08. The Morgan fingerprint density at radius 3 is 3.06 bits per heavy atom. The van der Waals surface area contributed by atoms with Gasteiger partial charge in [0.1, 0.15) is 0 Å². The average Bonchev–Trinajstić information content (AvgIpc) is 2.82. The van der Waals surface area contributed by atoms with Gasteiger partial charge in [0.15, 0.2) is 5.82 Å². The summed E-state index contributed by atoms with van der Waals surface area (Å²) in [5.74, 6) is -0.321. The molecule has 1 aromatic heterocycles. The molecular formula is C11H11N3O3. The van der Waals surface area contributed by atoms with Gasteiger partial charge in [-0.05, 0) is 18.2 Å². The van der Waals surface area contributed by atoms with Crippen LogP contribution in [0.2, 0.25) is 0 Å². The minimum absolute atomic E-state index is 0.259. The van der Waals surface area contributed by atoms with E-state index >= 15 is 0 Å². The number of anilines is 1. The van der Waals surface area contributed by atoms with Crippen molar-refractivity contribution in [1.29, 1.82) is 0 Å². The van der Waals surface area contributed by atoms with Gasteiger partial charge in [0.2, 0.25) is 6.39 Å². The van der Waals surface area contributed by atoms with Crippen molar-refractivity contribution in [2.24, 2.45) is 0 Å². The van der Waals surface area contributed by atoms with Crippen molar-refractivity contribution < 1.29 is 14.4 Å². The van der Waals surface area contributed by atoms with Crippen molar-refractivity contribution in [3.8, 4) is 0 Å². The van der Waals surface area contributed by atoms with E-state index in [9.17, 15) is 4.79 Å². The van der Waals surface area contributed by atoms with Crippen LogP contribution in [-0.4, -0.2) is 27.8 Å². The molecule has 0 unspecified atom stereocenters. The smallest absolute Gasteiger partial charge is 0.335 e. The number of benzene rings is 1. The summed E-state index contributed by atoms with van der Waals surface area (Å²) in [5, 5.41) is 15.6. The van der Waals surface area contributed by atoms with Crippen LogP contribution >= 0.6 is 0 Å². The number of aromatic carboxylic acids is 1. The quantitative estimate of drug-likeness (QED) is 0.812. The fraction of sp³-hybridized carbons (Fsp3) is 0.182. The van der Waals surface area contributed by atoms with Crippen LogP contribution in [0.5, 0.6) is 0 Å². The third-order valence-electron chi connectivity index (χ3n) is 2.19. The number of hydrogen-bond donors (Lipinski definition) is 2. The van der Waals surface area contributed by atoms with Crippen molar-refractivity contribution in [2.45, 2.75) is 6.42 Å². The Morgan fingerprint density at radius 2 is 2.35 bits per heavy atom. The lowest BCUT2D eigenvalue weighted by molar-refractivity contribution is 0.0697. The summed E-state index contributed by atoms with van der Waals surface area (Å²) in [6, 6.07) is 6.63. The van der Waals surface area contributed by atoms with Gasteiger partial charge in [0, 0.05) is 18.7 Å². The molecule has 0 saturated carbocycles. The van der Waals surface area contributed by atoms with E-state index < -0.39 is 5.97 Å². The van der Waals surface area contributed by atoms with Gasteiger partial charge in [0.05, 0.1) is 5.56 Å². The topological polar surface area (TPSA) is 88.2 Å². The maximum atomic E-state index is 10.8. The highest BCUT2D eigenvalue weighted by molar-refractivity contribution is 5.88. The van der Waals surface area contributed by atoms with Crippen LogP contribution in [0.1, 0.15) is 16.2 Å². The second-order valence-electron chi connectivity index (χ2n) is 3.41. The molecule has 0 spiro atoms. The molecule has 0 aliphatic heterocycles. The van der Waals surface area contributed by atoms with E-state index in [1.54, 1.807) is 18.2 Å². The molecule has 1 aromatic carbocycles. The van der Waals surface area contributed by atoms with Crippen LogP contribution in [0.15, 0.2) is 35.2 Å². The Bertz CT molecular complexity index is 496. The van der Waals surface area contributed by atoms with Crippen molar-refractivity contribution in [3.63, 3.8) is 0 Å². The summed E-state index contributed by atoms with van der Waals surface area (Å²) < 4.78 is 4.60. The molecule has 0 saturated heterocycles. The third-order valence-corrected chi connectivity index (χ3v) is 2.19. The molecule has 0 atom stereocenters. The van der Waals surface area contributed by atoms with E-state index in [1.807, 2.05) is 6.07 Å². The van der Waals surface area contributed by atoms with Crippen LogP contribution in [0.4, 0.5) is 5.69 Å². The molecule has 1 heterocycles. The van der Waals surface area contributed by atoms with Crippen molar-refractivity contribution >= 4 is 11.7 Å². The highest BCUT2D eigenvalue weighted by atomic mass is 16.5. The summed E-state index contributed by atoms with van der Waals surface area (Å²) in [4.78, 5) is 14.6. The number of aromatic nitrogens is 2. The first-order valence-corrected chi connectivity index (χ1v) is 5.08. The number of nitrogens with zero attached hydrogens (tertiary/aromatic N) is 2. The fourth-order valence-corrected chi connectivity index (χ4v) is 1.38. The second kappa shape index (κ2) is 5.11. The summed E-state index contributed by atoms with van der Waals surface area (Å²) in [6.45, 7) is 0.614. The predicted octanol–water partition coefficient (Wildman–Crippen LogP) is 1.42. The van der Waals surface area contributed by atoms with Gasteiger partial charge >= 0.3 is 5.97 Å². The second-order valence-corrected chi connectivity index (χ2v) is 3.41. The molecule has 0 fully saturated rings. The Kier molecular flexibility index (Phi) is 3.34. The molecule has 0 radical (unpaired) electrons. The van der Waals surface area contributed by atoms with E-state index in [4.69, 9.17) is 5.11 Å². The Labute approximate surface area is 97.3 Å². The van der Waals surface area contributed by atoms with Gasteiger partial charge in [-0.15, -0.1) is 0 Å². The van der Waals surface area contributed by atoms with Gasteiger partial charge < -0.3 is 14.9 Å². The summed E-state index contributed by atoms with van der Waals surface area (Å²) >= 11 is 0. The Hall–Kier alpha value is -2.37. The monoisotopic (exact) mass is 233 g/mol. The standard InChI is InChI=1S/C11H11N3O3/c15-11(16)8-2-1-3-9(6-8)12-5-4-10-13-7-17-14-10/h1-3,6-7,12H,4-5H2,(H,15,16). The predicted molar refractivity (Wildman–Crippen MR) is 59.9 cm³/mol. The number of carbonyl (C=O) groups is 1. The Balaban J connectivity index is 1.90. The average molecular weight is 233 g/mol. The molecule has 0 bridgehead atoms. The lowest BCUT2D eigenvalue weighted by atomic mass is 10.2. The van der Waals surface area contributed by atoms with Gasteiger partial charge in [-0.3, -0.25) is 0 Å². The first kappa shape index (κ1) is 11.1. The van der Waals surface area contributed by atoms with Crippen LogP contribution < -0.4 is 5.32 Å². The molecule has 2 aromatic rings. The van der Waals surface area contributed by atoms with E-state index in [-0.39, 0.29) is 5.56 Å². The fourth-order valence-electron chi connectivity index (χ4n) is 1.38. The molecule has 2 N–H and O–H groups in total. The Morgan fingerprint density at radius 1 is 1.47 bits per heavy atom. The van der Waals surface area contributed by atoms with Gasteiger partial charge in [0.25, 0.3) is 0 Å². The third kappa shape index (κ3) is 3.04. The molecule has 2 rings (SSSR count). The van der Waals surface area contributed by atoms with Crippen molar-refractivity contribution in [3.05, 3.63) is 42.0 Å². The first-order chi connectivity index (χ1) is 8.25. The molecule has 6 nitrogen and oxygen atoms in total. The molecule has 0 aliphatic carbocycles. The minimum Gasteiger partial charge on any atom is -0.478 e. The molecule has 0 aliphatic rings. The van der Waals surface area contributed by atoms with E-state index in [0.717, 1.165) is 5.69 Å². The number of carboxylic acids is 1. The number of hydrogen-bond acceptors (Lipinski definition) is 5. The van der Waals surface area contributed by atoms with Crippen LogP contribution in [-0.2, 0) is 6.42 Å². The van der Waals surface area contributed by atoms with Gasteiger partial charge in [-0.1, -0.05) is 11.2 Å². The normalized spacial score (nSPS) is 10.1. The number of nitrogens with one attached hydrogen (secondary N) is 1. The summed E-state index contributed by atoms with van der Waals surface area (Å²) in [7, 11) is 0. The maximum absolute atomic E-state index is 10.8. The van der Waals surface area contributed by atoms with Crippen molar-refractivity contribution in [1.82, 2.24) is 10.1 Å². The molecule has 17 heavy (non-hydrogen) atoms. The zero-order chi connectivity index (χ0) is 12.1. The van der Waals surface area contributed by atoms with Crippen molar-refractivity contribution in [2.75, 3.05) is 11.9 Å². The van der Waals surface area contributed by atoms with Crippen LogP contribution in [0.25, 0.3) is 0 Å². The van der Waals surface area contributed by atoms with Gasteiger partial charge in [-0.25, -0.2) is 4.79 Å². The highest BCUT2D eigenvalue weighted by Crippen LogP contribution is 2.10. The van der Waals surface area contributed by atoms with E-state index in [1.165, 1.54) is 6.39 Å². The van der Waals surface area contributed by atoms with Crippen LogP contribution in [0.3, 0.4) is 0 Å². The lowest BCUT2D eigenvalue weighted by Crippen LogP contribution is -2.06. The molecule has 0 amide bonds. The largest absolute Gasteiger partial charge is 0.478 e. The van der Waals surface area contributed by atoms with Crippen LogP contribution in [0, 0.1) is 0 Å².